The zero-order chi connectivity index (χ0) is 13.1. The van der Waals surface area contributed by atoms with Crippen molar-refractivity contribution in [3.05, 3.63) is 18.2 Å². The smallest absolute Gasteiger partial charge is 0.494 e. The molecule has 0 saturated heterocycles. The minimum Gasteiger partial charge on any atom is -0.494 e. The van der Waals surface area contributed by atoms with Crippen LogP contribution in [0.15, 0.2) is 18.2 Å². The van der Waals surface area contributed by atoms with Gasteiger partial charge in [-0.3, -0.25) is 0 Å². The number of hydrogen-bond acceptors (Lipinski definition) is 4. The molecular weight excluding hydrogens is 240 g/mol. The summed E-state index contributed by atoms with van der Waals surface area (Å²) >= 11 is 0. The maximum Gasteiger partial charge on any atom is 0.573 e. The fourth-order valence-electron chi connectivity index (χ4n) is 1.20. The van der Waals surface area contributed by atoms with E-state index in [-0.39, 0.29) is 5.75 Å². The van der Waals surface area contributed by atoms with Gasteiger partial charge in [0.25, 0.3) is 0 Å². The molecule has 0 spiro atoms. The average Bonchev–Trinajstić information content (AvgIpc) is 2.18. The highest BCUT2D eigenvalue weighted by atomic mass is 19.4. The van der Waals surface area contributed by atoms with Crippen molar-refractivity contribution in [2.24, 2.45) is 0 Å². The van der Waals surface area contributed by atoms with Gasteiger partial charge in [0.15, 0.2) is 0 Å². The highest BCUT2D eigenvalue weighted by molar-refractivity contribution is 6.59. The van der Waals surface area contributed by atoms with Crippen molar-refractivity contribution >= 4 is 12.6 Å². The first-order chi connectivity index (χ1) is 7.83. The predicted octanol–water partition coefficient (Wildman–Crippen LogP) is 0.664. The van der Waals surface area contributed by atoms with E-state index >= 15 is 0 Å². The molecule has 94 valence electrons. The Morgan fingerprint density at radius 1 is 1.29 bits per heavy atom. The summed E-state index contributed by atoms with van der Waals surface area (Å²) in [5.74, 6) is -0.443. The third-order valence-electron chi connectivity index (χ3n) is 1.80. The Morgan fingerprint density at radius 3 is 2.41 bits per heavy atom. The molecule has 17 heavy (non-hydrogen) atoms. The zero-order valence-electron chi connectivity index (χ0n) is 8.86. The van der Waals surface area contributed by atoms with Crippen molar-refractivity contribution in [2.45, 2.75) is 13.3 Å². The van der Waals surface area contributed by atoms with E-state index in [9.17, 15) is 13.2 Å². The summed E-state index contributed by atoms with van der Waals surface area (Å²) in [6, 6.07) is 3.29. The zero-order valence-corrected chi connectivity index (χ0v) is 8.86. The van der Waals surface area contributed by atoms with Gasteiger partial charge in [0, 0.05) is 5.46 Å². The quantitative estimate of drug-likeness (QED) is 0.771. The molecule has 1 rings (SSSR count). The van der Waals surface area contributed by atoms with Gasteiger partial charge in [-0.25, -0.2) is 0 Å². The molecule has 0 aliphatic carbocycles. The van der Waals surface area contributed by atoms with E-state index in [1.807, 2.05) is 0 Å². The van der Waals surface area contributed by atoms with E-state index in [4.69, 9.17) is 14.8 Å². The van der Waals surface area contributed by atoms with Crippen LogP contribution in [0, 0.1) is 0 Å². The van der Waals surface area contributed by atoms with E-state index in [1.165, 1.54) is 6.07 Å². The van der Waals surface area contributed by atoms with Gasteiger partial charge in [0.1, 0.15) is 11.5 Å². The largest absolute Gasteiger partial charge is 0.573 e. The van der Waals surface area contributed by atoms with E-state index in [0.717, 1.165) is 12.1 Å². The van der Waals surface area contributed by atoms with Crippen molar-refractivity contribution in [1.29, 1.82) is 0 Å². The number of halogens is 3. The third kappa shape index (κ3) is 4.16. The maximum atomic E-state index is 12.0. The number of alkyl halides is 3. The summed E-state index contributed by atoms with van der Waals surface area (Å²) in [6.07, 6.45) is -4.89. The molecule has 0 bridgehead atoms. The molecule has 4 nitrogen and oxygen atoms in total. The number of hydrogen-bond donors (Lipinski definition) is 2. The Morgan fingerprint density at radius 2 is 1.94 bits per heavy atom. The van der Waals surface area contributed by atoms with E-state index in [2.05, 4.69) is 4.74 Å². The SMILES string of the molecule is CCOc1ccc(OC(F)(F)F)c(B(O)O)c1. The lowest BCUT2D eigenvalue weighted by Crippen LogP contribution is -2.33. The summed E-state index contributed by atoms with van der Waals surface area (Å²) < 4.78 is 44.7. The Balaban J connectivity index is 3.04. The number of benzene rings is 1. The average molecular weight is 250 g/mol. The standard InChI is InChI=1S/C9H10BF3O4/c1-2-16-6-3-4-8(17-9(11,12)13)7(5-6)10(14)15/h3-5,14-15H,2H2,1H3. The second-order valence-electron chi connectivity index (χ2n) is 3.05. The van der Waals surface area contributed by atoms with E-state index < -0.39 is 24.7 Å². The van der Waals surface area contributed by atoms with Gasteiger partial charge in [-0.2, -0.15) is 0 Å². The lowest BCUT2D eigenvalue weighted by atomic mass is 9.79. The Bertz CT molecular complexity index is 381. The predicted molar refractivity (Wildman–Crippen MR) is 54.1 cm³/mol. The van der Waals surface area contributed by atoms with Gasteiger partial charge in [-0.05, 0) is 25.1 Å². The van der Waals surface area contributed by atoms with Crippen LogP contribution in [-0.2, 0) is 0 Å². The molecule has 1 aromatic carbocycles. The molecule has 0 aliphatic rings. The molecule has 1 aromatic rings. The first-order valence-electron chi connectivity index (χ1n) is 4.72. The van der Waals surface area contributed by atoms with Gasteiger partial charge >= 0.3 is 13.5 Å². The topological polar surface area (TPSA) is 58.9 Å². The van der Waals surface area contributed by atoms with Crippen molar-refractivity contribution < 1.29 is 32.7 Å². The molecule has 0 heterocycles. The van der Waals surface area contributed by atoms with Crippen molar-refractivity contribution in [1.82, 2.24) is 0 Å². The molecule has 0 aromatic heterocycles. The molecule has 0 fully saturated rings. The molecule has 0 radical (unpaired) electrons. The molecule has 8 heteroatoms. The Labute approximate surface area is 95.7 Å². The van der Waals surface area contributed by atoms with Crippen molar-refractivity contribution in [2.75, 3.05) is 6.61 Å². The first kappa shape index (κ1) is 13.7. The van der Waals surface area contributed by atoms with Crippen LogP contribution in [0.3, 0.4) is 0 Å². The van der Waals surface area contributed by atoms with Crippen molar-refractivity contribution in [3.63, 3.8) is 0 Å². The van der Waals surface area contributed by atoms with Crippen molar-refractivity contribution in [3.8, 4) is 11.5 Å². The van der Waals surface area contributed by atoms with Gasteiger partial charge in [-0.1, -0.05) is 0 Å². The van der Waals surface area contributed by atoms with Crippen LogP contribution in [0.2, 0.25) is 0 Å². The molecule has 0 amide bonds. The van der Waals surface area contributed by atoms with Crippen LogP contribution in [0.25, 0.3) is 0 Å². The van der Waals surface area contributed by atoms with Crippen LogP contribution >= 0.6 is 0 Å². The molecule has 0 aliphatic heterocycles. The number of rotatable bonds is 4. The fraction of sp³-hybridized carbons (Fsp3) is 0.333. The summed E-state index contributed by atoms with van der Waals surface area (Å²) in [5, 5.41) is 17.9. The van der Waals surface area contributed by atoms with Gasteiger partial charge in [-0.15, -0.1) is 13.2 Å². The highest BCUT2D eigenvalue weighted by Crippen LogP contribution is 2.23. The monoisotopic (exact) mass is 250 g/mol. The van der Waals surface area contributed by atoms with Gasteiger partial charge in [0.05, 0.1) is 6.61 Å². The van der Waals surface area contributed by atoms with Crippen LogP contribution in [-0.4, -0.2) is 30.1 Å². The second kappa shape index (κ2) is 5.28. The van der Waals surface area contributed by atoms with Crippen LogP contribution in [0.1, 0.15) is 6.92 Å². The lowest BCUT2D eigenvalue weighted by molar-refractivity contribution is -0.274. The van der Waals surface area contributed by atoms with Crippen LogP contribution in [0.4, 0.5) is 13.2 Å². The summed E-state index contributed by atoms with van der Waals surface area (Å²) in [4.78, 5) is 0. The molecular formula is C9H10BF3O4. The summed E-state index contributed by atoms with van der Waals surface area (Å²) in [5.41, 5.74) is -0.409. The molecule has 2 N–H and O–H groups in total. The molecule has 0 saturated carbocycles. The fourth-order valence-corrected chi connectivity index (χ4v) is 1.20. The van der Waals surface area contributed by atoms with Gasteiger partial charge in [0.2, 0.25) is 0 Å². The third-order valence-corrected chi connectivity index (χ3v) is 1.80. The molecule has 0 unspecified atom stereocenters. The Hall–Kier alpha value is -1.41. The maximum absolute atomic E-state index is 12.0. The first-order valence-corrected chi connectivity index (χ1v) is 4.72. The number of ether oxygens (including phenoxy) is 2. The normalized spacial score (nSPS) is 11.2. The summed E-state index contributed by atoms with van der Waals surface area (Å²) in [7, 11) is -2.08. The minimum absolute atomic E-state index is 0.227. The highest BCUT2D eigenvalue weighted by Gasteiger charge is 2.33. The lowest BCUT2D eigenvalue weighted by Gasteiger charge is -2.14. The second-order valence-corrected chi connectivity index (χ2v) is 3.05. The van der Waals surface area contributed by atoms with E-state index in [1.54, 1.807) is 6.92 Å². The summed E-state index contributed by atoms with van der Waals surface area (Å²) in [6.45, 7) is 2.00. The van der Waals surface area contributed by atoms with Crippen LogP contribution < -0.4 is 14.9 Å². The van der Waals surface area contributed by atoms with Gasteiger partial charge < -0.3 is 19.5 Å². The van der Waals surface area contributed by atoms with E-state index in [0.29, 0.717) is 6.61 Å². The van der Waals surface area contributed by atoms with Crippen LogP contribution in [0.5, 0.6) is 11.5 Å². The molecule has 0 atom stereocenters. The minimum atomic E-state index is -4.89. The Kier molecular flexibility index (Phi) is 4.25.